The minimum Gasteiger partial charge on any atom is -0.480 e. The summed E-state index contributed by atoms with van der Waals surface area (Å²) in [5.74, 6) is -10.5. The minimum absolute atomic E-state index is 0.0236. The van der Waals surface area contributed by atoms with Crippen molar-refractivity contribution >= 4 is 82.0 Å². The Morgan fingerprint density at radius 2 is 1.31 bits per heavy atom. The number of aromatic nitrogens is 1. The van der Waals surface area contributed by atoms with Gasteiger partial charge in [-0.05, 0) is 62.1 Å². The van der Waals surface area contributed by atoms with Crippen LogP contribution in [0.1, 0.15) is 75.8 Å². The van der Waals surface area contributed by atoms with Crippen molar-refractivity contribution in [1.82, 2.24) is 58.2 Å². The highest BCUT2D eigenvalue weighted by atomic mass is 16.4. The van der Waals surface area contributed by atoms with Crippen LogP contribution in [0.2, 0.25) is 0 Å². The highest BCUT2D eigenvalue weighted by Crippen LogP contribution is 2.20. The average Bonchev–Trinajstić information content (AvgIpc) is 3.76. The summed E-state index contributed by atoms with van der Waals surface area (Å²) in [6, 6.07) is 4.77. The number of aromatic amines is 1. The first-order valence-electron chi connectivity index (χ1n) is 24.3. The molecule has 0 radical (unpaired) electrons. The van der Waals surface area contributed by atoms with Gasteiger partial charge in [0.05, 0.1) is 12.8 Å². The fraction of sp³-hybridized carbons (Fsp3) is 0.458. The van der Waals surface area contributed by atoms with Gasteiger partial charge in [0, 0.05) is 56.5 Å². The molecule has 9 amide bonds. The highest BCUT2D eigenvalue weighted by Gasteiger charge is 2.36. The Morgan fingerprint density at radius 3 is 1.96 bits per heavy atom. The Morgan fingerprint density at radius 1 is 0.720 bits per heavy atom. The van der Waals surface area contributed by atoms with Crippen LogP contribution in [0.4, 0.5) is 0 Å². The summed E-state index contributed by atoms with van der Waals surface area (Å²) < 4.78 is 0. The molecule has 1 aromatic heterocycles. The van der Waals surface area contributed by atoms with Gasteiger partial charge in [-0.25, -0.2) is 4.79 Å². The van der Waals surface area contributed by atoms with Crippen molar-refractivity contribution in [1.29, 1.82) is 10.8 Å². The van der Waals surface area contributed by atoms with Crippen LogP contribution in [-0.2, 0) is 60.8 Å². The Balaban J connectivity index is 1.77. The molecule has 0 spiro atoms. The number of hydrogen-bond acceptors (Lipinski definition) is 12. The number of carboxylic acids is 1. The molecular weight excluding hydrogens is 977 g/mol. The lowest BCUT2D eigenvalue weighted by Crippen LogP contribution is -2.61. The molecule has 4 rings (SSSR count). The van der Waals surface area contributed by atoms with E-state index >= 15 is 0 Å². The fourth-order valence-corrected chi connectivity index (χ4v) is 8.10. The number of carboxylic acid groups (broad SMARTS) is 1. The van der Waals surface area contributed by atoms with E-state index in [0.29, 0.717) is 16.5 Å². The van der Waals surface area contributed by atoms with Crippen molar-refractivity contribution in [2.75, 3.05) is 19.6 Å². The van der Waals surface area contributed by atoms with Gasteiger partial charge < -0.3 is 80.5 Å². The van der Waals surface area contributed by atoms with Crippen LogP contribution in [-0.4, -0.2) is 143 Å². The Bertz CT molecular complexity index is 2540. The van der Waals surface area contributed by atoms with Gasteiger partial charge in [-0.3, -0.25) is 54.0 Å². The molecule has 27 nitrogen and oxygen atoms in total. The van der Waals surface area contributed by atoms with Crippen molar-refractivity contribution in [3.63, 3.8) is 0 Å². The topological polar surface area (TPSA) is 453 Å². The Hall–Kier alpha value is -8.78. The number of para-hydroxylation sites is 1. The normalized spacial score (nSPS) is 21.0. The number of nitrogens with two attached hydrogens (primary N) is 3. The van der Waals surface area contributed by atoms with Crippen molar-refractivity contribution in [3.8, 4) is 0 Å². The van der Waals surface area contributed by atoms with Crippen LogP contribution < -0.4 is 70.4 Å². The standard InChI is InChI=1S/C48H68N16O11/c1-26(65)58-31(16-9-19-55-47(50)51)40(68)64-37-24-39(67)54-18-8-7-15-33(46(74)75)60-43(71)35(22-28-25-57-30-14-6-5-13-29(28)30)62-41(69)32(17-10-20-56-48(52)53)59-42(70)34(21-27-11-3-2-4-12-27)61-44(72)36(23-38(49)66)63-45(37)73/h2-6,11-14,25,31-37,57H,7-10,15-24H2,1H3,(H2,49,66)(H,54,67)(H,58,65)(H,59,70)(H,60,71)(H,61,72)(H,62,69)(H,63,73)(H,64,68)(H,74,75)(H4,50,51,55)(H4,52,53,56)/t31-,32-,33?,34+,35-,36-,37-/m0/s1. The van der Waals surface area contributed by atoms with E-state index in [0.717, 1.165) is 12.4 Å². The van der Waals surface area contributed by atoms with E-state index in [1.807, 2.05) is 0 Å². The first-order chi connectivity index (χ1) is 35.7. The van der Waals surface area contributed by atoms with Gasteiger partial charge in [0.1, 0.15) is 42.3 Å². The third-order valence-corrected chi connectivity index (χ3v) is 11.9. The highest BCUT2D eigenvalue weighted by molar-refractivity contribution is 6.00. The predicted octanol–water partition coefficient (Wildman–Crippen LogP) is -3.46. The van der Waals surface area contributed by atoms with Crippen LogP contribution >= 0.6 is 0 Å². The second kappa shape index (κ2) is 29.7. The number of fused-ring (bicyclic) bond motifs is 1. The summed E-state index contributed by atoms with van der Waals surface area (Å²) in [6.45, 7) is 1.29. The molecule has 1 saturated heterocycles. The third-order valence-electron chi connectivity index (χ3n) is 11.9. The van der Waals surface area contributed by atoms with Gasteiger partial charge in [-0.15, -0.1) is 0 Å². The molecule has 27 heteroatoms. The van der Waals surface area contributed by atoms with Crippen molar-refractivity contribution in [3.05, 3.63) is 71.9 Å². The number of guanidine groups is 2. The largest absolute Gasteiger partial charge is 0.480 e. The number of primary amides is 1. The summed E-state index contributed by atoms with van der Waals surface area (Å²) in [6.07, 6.45) is 0.0288. The number of hydrogen-bond donors (Lipinski definition) is 17. The molecule has 1 aliphatic heterocycles. The lowest BCUT2D eigenvalue weighted by Gasteiger charge is -2.28. The van der Waals surface area contributed by atoms with Crippen molar-refractivity contribution in [2.45, 2.75) is 120 Å². The quantitative estimate of drug-likeness (QED) is 0.0335. The predicted molar refractivity (Wildman–Crippen MR) is 273 cm³/mol. The number of amides is 9. The monoisotopic (exact) mass is 1040 g/mol. The fourth-order valence-electron chi connectivity index (χ4n) is 8.10. The van der Waals surface area contributed by atoms with Gasteiger partial charge in [0.2, 0.25) is 53.2 Å². The number of aliphatic carboxylic acids is 1. The number of carbonyl (C=O) groups is 10. The zero-order valence-electron chi connectivity index (χ0n) is 41.5. The molecule has 2 heterocycles. The van der Waals surface area contributed by atoms with E-state index < -0.39 is 114 Å². The molecule has 7 atom stereocenters. The van der Waals surface area contributed by atoms with Gasteiger partial charge in [0.25, 0.3) is 0 Å². The SMILES string of the molecule is CC(=O)N[C@@H](CCCNC(=N)N)C(=O)N[C@H]1CC(=O)NCCCCC(C(=O)O)NC(=O)[C@H](Cc2c[nH]c3ccccc23)NC(=O)[C@H](CCCNC(=N)N)NC(=O)[C@@H](Cc2ccccc2)NC(=O)[C@H](CC(N)=O)NC1=O. The maximum atomic E-state index is 14.5. The number of benzene rings is 2. The van der Waals surface area contributed by atoms with Crippen LogP contribution in [0.25, 0.3) is 10.9 Å². The average molecular weight is 1050 g/mol. The summed E-state index contributed by atoms with van der Waals surface area (Å²) >= 11 is 0. The van der Waals surface area contributed by atoms with Crippen LogP contribution in [0.3, 0.4) is 0 Å². The zero-order chi connectivity index (χ0) is 55.0. The smallest absolute Gasteiger partial charge is 0.326 e. The molecule has 406 valence electrons. The molecule has 0 aliphatic carbocycles. The Kier molecular flexibility index (Phi) is 23.3. The minimum atomic E-state index is -1.82. The number of nitrogens with one attached hydrogen (secondary N) is 13. The maximum absolute atomic E-state index is 14.5. The first kappa shape index (κ1) is 58.8. The van der Waals surface area contributed by atoms with E-state index in [1.54, 1.807) is 60.8 Å². The van der Waals surface area contributed by atoms with E-state index in [2.05, 4.69) is 58.2 Å². The van der Waals surface area contributed by atoms with Crippen LogP contribution in [0.5, 0.6) is 0 Å². The zero-order valence-corrected chi connectivity index (χ0v) is 41.5. The summed E-state index contributed by atoms with van der Waals surface area (Å²) in [5, 5.41) is 51.4. The lowest BCUT2D eigenvalue weighted by atomic mass is 10.0. The summed E-state index contributed by atoms with van der Waals surface area (Å²) in [5.41, 5.74) is 18.2. The van der Waals surface area contributed by atoms with E-state index in [1.165, 1.54) is 0 Å². The molecule has 2 aromatic carbocycles. The molecular formula is C48H68N16O11. The number of carbonyl (C=O) groups excluding carboxylic acids is 9. The molecule has 0 saturated carbocycles. The molecule has 3 aromatic rings. The van der Waals surface area contributed by atoms with Gasteiger partial charge in [-0.2, -0.15) is 0 Å². The van der Waals surface area contributed by atoms with Crippen LogP contribution in [0.15, 0.2) is 60.8 Å². The van der Waals surface area contributed by atoms with Gasteiger partial charge >= 0.3 is 5.97 Å². The molecule has 20 N–H and O–H groups in total. The Labute approximate surface area is 431 Å². The van der Waals surface area contributed by atoms with E-state index in [4.69, 9.17) is 28.0 Å². The van der Waals surface area contributed by atoms with Gasteiger partial charge in [-0.1, -0.05) is 48.5 Å². The number of rotatable bonds is 18. The van der Waals surface area contributed by atoms with Crippen molar-refractivity contribution in [2.24, 2.45) is 17.2 Å². The van der Waals surface area contributed by atoms with Gasteiger partial charge in [0.15, 0.2) is 11.9 Å². The third kappa shape index (κ3) is 20.3. The molecule has 1 fully saturated rings. The number of H-pyrrole nitrogens is 1. The van der Waals surface area contributed by atoms with Crippen LogP contribution in [0, 0.1) is 10.8 Å². The van der Waals surface area contributed by atoms with Crippen molar-refractivity contribution < 1.29 is 53.1 Å². The lowest BCUT2D eigenvalue weighted by molar-refractivity contribution is -0.142. The summed E-state index contributed by atoms with van der Waals surface area (Å²) in [7, 11) is 0. The van der Waals surface area contributed by atoms with E-state index in [-0.39, 0.29) is 89.3 Å². The molecule has 1 unspecified atom stereocenters. The molecule has 75 heavy (non-hydrogen) atoms. The first-order valence-corrected chi connectivity index (χ1v) is 24.3. The second-order valence-electron chi connectivity index (χ2n) is 17.9. The molecule has 0 bridgehead atoms. The maximum Gasteiger partial charge on any atom is 0.326 e. The second-order valence-corrected chi connectivity index (χ2v) is 17.9. The molecule has 1 aliphatic rings. The van der Waals surface area contributed by atoms with E-state index in [9.17, 15) is 53.1 Å². The summed E-state index contributed by atoms with van der Waals surface area (Å²) in [4.78, 5) is 139.